The van der Waals surface area contributed by atoms with E-state index in [0.29, 0.717) is 0 Å². The van der Waals surface area contributed by atoms with Gasteiger partial charge in [-0.25, -0.2) is 5.43 Å². The maximum Gasteiger partial charge on any atom is 0.0710 e. The normalized spacial score (nSPS) is 12.5. The first-order valence-corrected chi connectivity index (χ1v) is 7.42. The molecule has 0 aliphatic rings. The lowest BCUT2D eigenvalue weighted by Crippen LogP contribution is -2.28. The van der Waals surface area contributed by atoms with Crippen molar-refractivity contribution in [2.75, 3.05) is 0 Å². The lowest BCUT2D eigenvalue weighted by Gasteiger charge is -2.17. The van der Waals surface area contributed by atoms with E-state index in [1.54, 1.807) is 6.20 Å². The second-order valence-electron chi connectivity index (χ2n) is 4.61. The molecule has 1 aromatic heterocycles. The van der Waals surface area contributed by atoms with Crippen LogP contribution in [-0.2, 0) is 0 Å². The first-order valence-electron chi connectivity index (χ1n) is 6.34. The number of pyridine rings is 1. The lowest BCUT2D eigenvalue weighted by molar-refractivity contribution is 0.637. The van der Waals surface area contributed by atoms with E-state index < -0.39 is 0 Å². The van der Waals surface area contributed by atoms with Crippen LogP contribution in [0, 0.1) is 3.57 Å². The second-order valence-corrected chi connectivity index (χ2v) is 5.85. The van der Waals surface area contributed by atoms with Gasteiger partial charge in [-0.3, -0.25) is 10.8 Å². The van der Waals surface area contributed by atoms with Crippen molar-refractivity contribution in [1.82, 2.24) is 10.4 Å². The molecule has 1 atom stereocenters. The fourth-order valence-corrected chi connectivity index (χ4v) is 2.67. The molecule has 0 aliphatic heterocycles. The molecule has 0 aliphatic carbocycles. The number of rotatable bonds is 3. The summed E-state index contributed by atoms with van der Waals surface area (Å²) in [5.74, 6) is 5.75. The molecule has 3 nitrogen and oxygen atoms in total. The van der Waals surface area contributed by atoms with Crippen LogP contribution in [-0.4, -0.2) is 4.98 Å². The minimum Gasteiger partial charge on any atom is -0.271 e. The van der Waals surface area contributed by atoms with Crippen LogP contribution in [0.2, 0.25) is 0 Å². The van der Waals surface area contributed by atoms with Crippen LogP contribution in [0.5, 0.6) is 0 Å². The highest BCUT2D eigenvalue weighted by Gasteiger charge is 2.12. The van der Waals surface area contributed by atoms with Gasteiger partial charge < -0.3 is 0 Å². The molecule has 3 aromatic rings. The predicted molar refractivity (Wildman–Crippen MR) is 90.1 cm³/mol. The number of fused-ring (bicyclic) bond motifs is 1. The minimum absolute atomic E-state index is 0.0170. The molecule has 1 unspecified atom stereocenters. The summed E-state index contributed by atoms with van der Waals surface area (Å²) in [6.45, 7) is 0. The van der Waals surface area contributed by atoms with E-state index in [-0.39, 0.29) is 6.04 Å². The number of aromatic nitrogens is 1. The minimum atomic E-state index is -0.0170. The largest absolute Gasteiger partial charge is 0.271 e. The van der Waals surface area contributed by atoms with E-state index in [4.69, 9.17) is 5.84 Å². The topological polar surface area (TPSA) is 50.9 Å². The monoisotopic (exact) mass is 375 g/mol. The van der Waals surface area contributed by atoms with E-state index in [1.807, 2.05) is 12.1 Å². The van der Waals surface area contributed by atoms with Gasteiger partial charge in [0.25, 0.3) is 0 Å². The van der Waals surface area contributed by atoms with Gasteiger partial charge in [0, 0.05) is 15.2 Å². The molecule has 0 bridgehead atoms. The van der Waals surface area contributed by atoms with Crippen molar-refractivity contribution in [2.24, 2.45) is 5.84 Å². The molecule has 0 fully saturated rings. The van der Waals surface area contributed by atoms with Crippen LogP contribution in [0.3, 0.4) is 0 Å². The van der Waals surface area contributed by atoms with Crippen molar-refractivity contribution < 1.29 is 0 Å². The molecule has 0 saturated carbocycles. The molecule has 3 rings (SSSR count). The average Bonchev–Trinajstić information content (AvgIpc) is 2.50. The molecule has 3 N–H and O–H groups in total. The van der Waals surface area contributed by atoms with Crippen molar-refractivity contribution in [3.05, 3.63) is 75.5 Å². The summed E-state index contributed by atoms with van der Waals surface area (Å²) in [4.78, 5) is 4.34. The summed E-state index contributed by atoms with van der Waals surface area (Å²) in [7, 11) is 0. The maximum atomic E-state index is 5.75. The van der Waals surface area contributed by atoms with Crippen molar-refractivity contribution in [3.63, 3.8) is 0 Å². The van der Waals surface area contributed by atoms with Crippen LogP contribution in [0.25, 0.3) is 10.9 Å². The summed E-state index contributed by atoms with van der Waals surface area (Å²) < 4.78 is 1.21. The molecule has 100 valence electrons. The highest BCUT2D eigenvalue weighted by Crippen LogP contribution is 2.24. The quantitative estimate of drug-likeness (QED) is 0.419. The number of nitrogens with zero attached hydrogens (tertiary/aromatic N) is 1. The number of nitrogens with one attached hydrogen (secondary N) is 1. The zero-order chi connectivity index (χ0) is 13.9. The number of hydrogen-bond acceptors (Lipinski definition) is 3. The third kappa shape index (κ3) is 2.67. The van der Waals surface area contributed by atoms with Gasteiger partial charge in [-0.05, 0) is 64.0 Å². The first-order chi connectivity index (χ1) is 9.78. The van der Waals surface area contributed by atoms with Crippen molar-refractivity contribution in [3.8, 4) is 0 Å². The summed E-state index contributed by atoms with van der Waals surface area (Å²) in [6, 6.07) is 18.6. The highest BCUT2D eigenvalue weighted by atomic mass is 127. The molecule has 0 radical (unpaired) electrons. The Balaban J connectivity index is 2.04. The van der Waals surface area contributed by atoms with Crippen molar-refractivity contribution in [2.45, 2.75) is 6.04 Å². The second kappa shape index (κ2) is 5.87. The average molecular weight is 375 g/mol. The van der Waals surface area contributed by atoms with Crippen LogP contribution < -0.4 is 11.3 Å². The lowest BCUT2D eigenvalue weighted by atomic mass is 9.98. The molecule has 0 spiro atoms. The van der Waals surface area contributed by atoms with E-state index >= 15 is 0 Å². The van der Waals surface area contributed by atoms with Crippen molar-refractivity contribution >= 4 is 33.5 Å². The molecule has 20 heavy (non-hydrogen) atoms. The molecular weight excluding hydrogens is 361 g/mol. The zero-order valence-electron chi connectivity index (χ0n) is 10.8. The third-order valence-corrected chi connectivity index (χ3v) is 4.05. The number of hydrogen-bond donors (Lipinski definition) is 2. The third-order valence-electron chi connectivity index (χ3n) is 3.33. The van der Waals surface area contributed by atoms with Gasteiger partial charge in [0.2, 0.25) is 0 Å². The Hall–Kier alpha value is -1.50. The summed E-state index contributed by atoms with van der Waals surface area (Å²) in [5.41, 5.74) is 6.17. The Labute approximate surface area is 131 Å². The predicted octanol–water partition coefficient (Wildman–Crippen LogP) is 3.39. The Kier molecular flexibility index (Phi) is 3.95. The molecule has 2 aromatic carbocycles. The molecule has 1 heterocycles. The molecule has 4 heteroatoms. The smallest absolute Gasteiger partial charge is 0.0710 e. The highest BCUT2D eigenvalue weighted by molar-refractivity contribution is 14.1. The van der Waals surface area contributed by atoms with E-state index in [1.165, 1.54) is 3.57 Å². The summed E-state index contributed by atoms with van der Waals surface area (Å²) >= 11 is 2.30. The van der Waals surface area contributed by atoms with Crippen LogP contribution >= 0.6 is 22.6 Å². The van der Waals surface area contributed by atoms with Gasteiger partial charge in [0.1, 0.15) is 0 Å². The van der Waals surface area contributed by atoms with Gasteiger partial charge >= 0.3 is 0 Å². The number of benzene rings is 2. The van der Waals surface area contributed by atoms with Gasteiger partial charge in [-0.1, -0.05) is 24.3 Å². The Morgan fingerprint density at radius 2 is 1.75 bits per heavy atom. The Morgan fingerprint density at radius 3 is 2.50 bits per heavy atom. The van der Waals surface area contributed by atoms with E-state index in [9.17, 15) is 0 Å². The van der Waals surface area contributed by atoms with Crippen LogP contribution in [0.15, 0.2) is 60.8 Å². The van der Waals surface area contributed by atoms with Gasteiger partial charge in [-0.2, -0.15) is 0 Å². The number of nitrogens with two attached hydrogens (primary N) is 1. The number of hydrazine groups is 1. The van der Waals surface area contributed by atoms with Crippen molar-refractivity contribution in [1.29, 1.82) is 0 Å². The van der Waals surface area contributed by atoms with Gasteiger partial charge in [0.05, 0.1) is 11.6 Å². The van der Waals surface area contributed by atoms with E-state index in [0.717, 1.165) is 22.0 Å². The van der Waals surface area contributed by atoms with Crippen LogP contribution in [0.4, 0.5) is 0 Å². The first kappa shape index (κ1) is 13.5. The Morgan fingerprint density at radius 1 is 1.00 bits per heavy atom. The number of halogens is 1. The summed E-state index contributed by atoms with van der Waals surface area (Å²) in [6.07, 6.45) is 1.81. The SMILES string of the molecule is NNC(c1ccc(I)cc1)c1ccc2ncccc2c1. The van der Waals surface area contributed by atoms with Gasteiger partial charge in [0.15, 0.2) is 0 Å². The maximum absolute atomic E-state index is 5.75. The molecular formula is C16H14IN3. The van der Waals surface area contributed by atoms with E-state index in [2.05, 4.69) is 75.5 Å². The standard InChI is InChI=1S/C16H14IN3/c17-14-6-3-11(4-7-14)16(20-18)13-5-8-15-12(10-13)2-1-9-19-15/h1-10,16,20H,18H2. The fourth-order valence-electron chi connectivity index (χ4n) is 2.31. The van der Waals surface area contributed by atoms with Crippen LogP contribution in [0.1, 0.15) is 17.2 Å². The summed E-state index contributed by atoms with van der Waals surface area (Å²) in [5, 5.41) is 1.12. The Bertz CT molecular complexity index is 725. The fraction of sp³-hybridized carbons (Fsp3) is 0.0625. The molecule has 0 amide bonds. The van der Waals surface area contributed by atoms with Gasteiger partial charge in [-0.15, -0.1) is 0 Å². The molecule has 0 saturated heterocycles. The zero-order valence-corrected chi connectivity index (χ0v) is 12.9.